The summed E-state index contributed by atoms with van der Waals surface area (Å²) in [6.07, 6.45) is 1.63. The first-order valence-electron chi connectivity index (χ1n) is 6.34. The van der Waals surface area contributed by atoms with E-state index in [4.69, 9.17) is 0 Å². The van der Waals surface area contributed by atoms with E-state index < -0.39 is 0 Å². The van der Waals surface area contributed by atoms with Crippen molar-refractivity contribution in [2.75, 3.05) is 4.90 Å². The average molecular weight is 257 g/mol. The van der Waals surface area contributed by atoms with Gasteiger partial charge in [-0.15, -0.1) is 0 Å². The van der Waals surface area contributed by atoms with E-state index in [1.54, 1.807) is 6.20 Å². The Hall–Kier alpha value is -2.10. The molecule has 0 fully saturated rings. The molecule has 1 N–H and O–H groups in total. The summed E-state index contributed by atoms with van der Waals surface area (Å²) in [7, 11) is 0. The summed E-state index contributed by atoms with van der Waals surface area (Å²) < 4.78 is 0. The van der Waals surface area contributed by atoms with E-state index in [2.05, 4.69) is 47.8 Å². The first-order valence-corrected chi connectivity index (χ1v) is 6.34. The molecule has 0 saturated heterocycles. The summed E-state index contributed by atoms with van der Waals surface area (Å²) in [6.45, 7) is 7.05. The van der Waals surface area contributed by atoms with Crippen molar-refractivity contribution in [3.05, 3.63) is 58.6 Å². The van der Waals surface area contributed by atoms with Crippen molar-refractivity contribution in [3.63, 3.8) is 0 Å². The molecule has 19 heavy (non-hydrogen) atoms. The molecule has 4 nitrogen and oxygen atoms in total. The van der Waals surface area contributed by atoms with E-state index in [0.29, 0.717) is 5.82 Å². The average Bonchev–Trinajstić information content (AvgIpc) is 2.36. The number of hydrogen-bond donors (Lipinski definition) is 1. The zero-order valence-corrected chi connectivity index (χ0v) is 11.6. The van der Waals surface area contributed by atoms with Crippen LogP contribution in [0.1, 0.15) is 26.3 Å². The molecule has 2 rings (SSSR count). The highest BCUT2D eigenvalue weighted by molar-refractivity contribution is 5.41. The Bertz CT molecular complexity index is 584. The molecule has 2 aromatic rings. The molecule has 1 heterocycles. The van der Waals surface area contributed by atoms with Gasteiger partial charge in [0, 0.05) is 18.3 Å². The maximum absolute atomic E-state index is 11.4. The van der Waals surface area contributed by atoms with Gasteiger partial charge in [-0.25, -0.2) is 4.79 Å². The van der Waals surface area contributed by atoms with Gasteiger partial charge in [-0.2, -0.15) is 4.98 Å². The van der Waals surface area contributed by atoms with Crippen LogP contribution in [0.5, 0.6) is 0 Å². The van der Waals surface area contributed by atoms with Crippen LogP contribution < -0.4 is 10.6 Å². The summed E-state index contributed by atoms with van der Waals surface area (Å²) >= 11 is 0. The Morgan fingerprint density at radius 2 is 1.84 bits per heavy atom. The molecule has 0 aliphatic rings. The quantitative estimate of drug-likeness (QED) is 0.919. The number of hydrogen-bond acceptors (Lipinski definition) is 3. The van der Waals surface area contributed by atoms with Gasteiger partial charge in [0.25, 0.3) is 0 Å². The second-order valence-corrected chi connectivity index (χ2v) is 5.50. The minimum Gasteiger partial charge on any atom is -0.347 e. The van der Waals surface area contributed by atoms with Crippen LogP contribution in [0, 0.1) is 0 Å². The van der Waals surface area contributed by atoms with E-state index in [9.17, 15) is 4.79 Å². The lowest BCUT2D eigenvalue weighted by Gasteiger charge is -2.36. The Balaban J connectivity index is 2.35. The molecule has 0 atom stereocenters. The molecule has 0 amide bonds. The number of benzene rings is 1. The second kappa shape index (κ2) is 5.26. The Morgan fingerprint density at radius 1 is 1.16 bits per heavy atom. The summed E-state index contributed by atoms with van der Waals surface area (Å²) in [5, 5.41) is 0. The number of aromatic nitrogens is 2. The highest BCUT2D eigenvalue weighted by Gasteiger charge is 2.23. The number of nitrogens with zero attached hydrogens (tertiary/aromatic N) is 2. The van der Waals surface area contributed by atoms with Crippen LogP contribution in [0.3, 0.4) is 0 Å². The zero-order chi connectivity index (χ0) is 13.9. The highest BCUT2D eigenvalue weighted by Crippen LogP contribution is 2.23. The third-order valence-corrected chi connectivity index (χ3v) is 2.93. The lowest BCUT2D eigenvalue weighted by molar-refractivity contribution is 0.495. The molecule has 0 aliphatic heterocycles. The van der Waals surface area contributed by atoms with Crippen LogP contribution in [0.2, 0.25) is 0 Å². The van der Waals surface area contributed by atoms with Crippen LogP contribution in [0.25, 0.3) is 0 Å². The maximum atomic E-state index is 11.4. The van der Waals surface area contributed by atoms with Gasteiger partial charge in [0.15, 0.2) is 0 Å². The topological polar surface area (TPSA) is 49.0 Å². The fraction of sp³-hybridized carbons (Fsp3) is 0.333. The monoisotopic (exact) mass is 257 g/mol. The molecule has 0 bridgehead atoms. The summed E-state index contributed by atoms with van der Waals surface area (Å²) in [6, 6.07) is 12.0. The molecular formula is C15H19N3O. The van der Waals surface area contributed by atoms with Crippen molar-refractivity contribution >= 4 is 5.82 Å². The van der Waals surface area contributed by atoms with Crippen molar-refractivity contribution in [1.29, 1.82) is 0 Å². The van der Waals surface area contributed by atoms with Gasteiger partial charge in [-0.05, 0) is 32.4 Å². The molecule has 100 valence electrons. The summed E-state index contributed by atoms with van der Waals surface area (Å²) in [4.78, 5) is 20.1. The van der Waals surface area contributed by atoms with E-state index in [1.807, 2.05) is 24.3 Å². The van der Waals surface area contributed by atoms with E-state index >= 15 is 0 Å². The summed E-state index contributed by atoms with van der Waals surface area (Å²) in [5.41, 5.74) is 0.760. The molecule has 0 spiro atoms. The van der Waals surface area contributed by atoms with E-state index in [0.717, 1.165) is 6.54 Å². The third-order valence-electron chi connectivity index (χ3n) is 2.93. The zero-order valence-electron chi connectivity index (χ0n) is 11.6. The highest BCUT2D eigenvalue weighted by atomic mass is 16.1. The largest absolute Gasteiger partial charge is 0.347 e. The third kappa shape index (κ3) is 3.44. The van der Waals surface area contributed by atoms with Crippen LogP contribution >= 0.6 is 0 Å². The smallest absolute Gasteiger partial charge is 0.346 e. The molecular weight excluding hydrogens is 238 g/mol. The van der Waals surface area contributed by atoms with Crippen molar-refractivity contribution < 1.29 is 0 Å². The SMILES string of the molecule is CC(C)(C)N(Cc1ccccc1)c1cc[nH]c(=O)n1. The van der Waals surface area contributed by atoms with Crippen LogP contribution in [0.4, 0.5) is 5.82 Å². The molecule has 1 aromatic carbocycles. The van der Waals surface area contributed by atoms with Gasteiger partial charge in [0.2, 0.25) is 0 Å². The van der Waals surface area contributed by atoms with Gasteiger partial charge in [-0.1, -0.05) is 30.3 Å². The van der Waals surface area contributed by atoms with Gasteiger partial charge < -0.3 is 9.88 Å². The second-order valence-electron chi connectivity index (χ2n) is 5.50. The number of nitrogens with one attached hydrogen (secondary N) is 1. The fourth-order valence-electron chi connectivity index (χ4n) is 1.94. The Morgan fingerprint density at radius 3 is 2.42 bits per heavy atom. The molecule has 4 heteroatoms. The first kappa shape index (κ1) is 13.3. The Kier molecular flexibility index (Phi) is 3.69. The van der Waals surface area contributed by atoms with Crippen LogP contribution in [0.15, 0.2) is 47.4 Å². The van der Waals surface area contributed by atoms with Crippen molar-refractivity contribution in [2.45, 2.75) is 32.9 Å². The fourth-order valence-corrected chi connectivity index (χ4v) is 1.94. The van der Waals surface area contributed by atoms with Crippen LogP contribution in [-0.2, 0) is 6.54 Å². The number of anilines is 1. The van der Waals surface area contributed by atoms with Crippen LogP contribution in [-0.4, -0.2) is 15.5 Å². The minimum absolute atomic E-state index is 0.114. The van der Waals surface area contributed by atoms with Gasteiger partial charge >= 0.3 is 5.69 Å². The van der Waals surface area contributed by atoms with Crippen molar-refractivity contribution in [3.8, 4) is 0 Å². The Labute approximate surface area is 113 Å². The molecule has 0 radical (unpaired) electrons. The van der Waals surface area contributed by atoms with Gasteiger partial charge in [0.1, 0.15) is 5.82 Å². The number of H-pyrrole nitrogens is 1. The van der Waals surface area contributed by atoms with E-state index in [-0.39, 0.29) is 11.2 Å². The molecule has 0 unspecified atom stereocenters. The lowest BCUT2D eigenvalue weighted by atomic mass is 10.0. The van der Waals surface area contributed by atoms with Gasteiger partial charge in [0.05, 0.1) is 0 Å². The number of rotatable bonds is 3. The predicted molar refractivity (Wildman–Crippen MR) is 77.2 cm³/mol. The molecule has 1 aromatic heterocycles. The van der Waals surface area contributed by atoms with Crippen molar-refractivity contribution in [1.82, 2.24) is 9.97 Å². The lowest BCUT2D eigenvalue weighted by Crippen LogP contribution is -2.42. The molecule has 0 saturated carbocycles. The van der Waals surface area contributed by atoms with E-state index in [1.165, 1.54) is 5.56 Å². The first-order chi connectivity index (χ1) is 8.97. The molecule has 0 aliphatic carbocycles. The summed E-state index contributed by atoms with van der Waals surface area (Å²) in [5.74, 6) is 0.695. The standard InChI is InChI=1S/C15H19N3O/c1-15(2,3)18(11-12-7-5-4-6-8-12)13-9-10-16-14(19)17-13/h4-10H,11H2,1-3H3,(H,16,17,19). The minimum atomic E-state index is -0.320. The normalized spacial score (nSPS) is 11.3. The maximum Gasteiger partial charge on any atom is 0.346 e. The predicted octanol–water partition coefficient (Wildman–Crippen LogP) is 2.58. The van der Waals surface area contributed by atoms with Crippen molar-refractivity contribution in [2.24, 2.45) is 0 Å². The van der Waals surface area contributed by atoms with Gasteiger partial charge in [-0.3, -0.25) is 0 Å². The number of aromatic amines is 1.